The molecule has 0 aromatic carbocycles. The van der Waals surface area contributed by atoms with Crippen LogP contribution < -0.4 is 0 Å². The predicted molar refractivity (Wildman–Crippen MR) is 89.7 cm³/mol. The highest BCUT2D eigenvalue weighted by atomic mass is 16.6. The summed E-state index contributed by atoms with van der Waals surface area (Å²) in [5.74, 6) is 0. The van der Waals surface area contributed by atoms with Crippen LogP contribution in [-0.2, 0) is 4.74 Å². The summed E-state index contributed by atoms with van der Waals surface area (Å²) in [5.41, 5.74) is -0.427. The Bertz CT molecular complexity index is 287. The van der Waals surface area contributed by atoms with Gasteiger partial charge < -0.3 is 14.5 Å². The van der Waals surface area contributed by atoms with Crippen molar-refractivity contribution < 1.29 is 9.53 Å². The van der Waals surface area contributed by atoms with Gasteiger partial charge in [-0.25, -0.2) is 4.79 Å². The molecule has 0 saturated heterocycles. The van der Waals surface area contributed by atoms with Gasteiger partial charge in [-0.05, 0) is 41.2 Å². The maximum Gasteiger partial charge on any atom is 0.410 e. The van der Waals surface area contributed by atoms with Gasteiger partial charge in [0.2, 0.25) is 0 Å². The normalized spacial score (nSPS) is 13.3. The van der Waals surface area contributed by atoms with Crippen molar-refractivity contribution in [2.45, 2.75) is 78.4 Å². The van der Waals surface area contributed by atoms with Crippen LogP contribution in [0.3, 0.4) is 0 Å². The molecule has 4 nitrogen and oxygen atoms in total. The van der Waals surface area contributed by atoms with Gasteiger partial charge in [0.05, 0.1) is 0 Å². The molecule has 1 atom stereocenters. The van der Waals surface area contributed by atoms with Crippen molar-refractivity contribution in [3.63, 3.8) is 0 Å². The summed E-state index contributed by atoms with van der Waals surface area (Å²) in [5, 5.41) is 0. The van der Waals surface area contributed by atoms with Crippen LogP contribution in [0.5, 0.6) is 0 Å². The van der Waals surface area contributed by atoms with Crippen LogP contribution in [0.15, 0.2) is 0 Å². The molecule has 0 aliphatic carbocycles. The third-order valence-electron chi connectivity index (χ3n) is 3.72. The van der Waals surface area contributed by atoms with Crippen molar-refractivity contribution in [2.24, 2.45) is 0 Å². The number of hydrogen-bond donors (Lipinski definition) is 0. The number of likely N-dealkylation sites (N-methyl/N-ethyl adjacent to an activating group) is 2. The number of hydrogen-bond acceptors (Lipinski definition) is 3. The highest BCUT2D eigenvalue weighted by Crippen LogP contribution is 2.11. The third kappa shape index (κ3) is 10.6. The molecule has 126 valence electrons. The van der Waals surface area contributed by atoms with Crippen LogP contribution in [0.4, 0.5) is 4.79 Å². The molecule has 4 heteroatoms. The summed E-state index contributed by atoms with van der Waals surface area (Å²) < 4.78 is 5.35. The lowest BCUT2D eigenvalue weighted by Crippen LogP contribution is -2.40. The number of nitrogens with zero attached hydrogens (tertiary/aromatic N) is 2. The van der Waals surface area contributed by atoms with Crippen LogP contribution in [-0.4, -0.2) is 54.7 Å². The fourth-order valence-electron chi connectivity index (χ4n) is 2.05. The van der Waals surface area contributed by atoms with E-state index in [2.05, 4.69) is 25.8 Å². The van der Waals surface area contributed by atoms with Crippen LogP contribution >= 0.6 is 0 Å². The topological polar surface area (TPSA) is 32.8 Å². The fraction of sp³-hybridized carbons (Fsp3) is 0.941. The predicted octanol–water partition coefficient (Wildman–Crippen LogP) is 4.14. The Balaban J connectivity index is 3.94. The summed E-state index contributed by atoms with van der Waals surface area (Å²) in [4.78, 5) is 15.9. The van der Waals surface area contributed by atoms with Gasteiger partial charge >= 0.3 is 6.09 Å². The Hall–Kier alpha value is -0.770. The Morgan fingerprint density at radius 1 is 1.10 bits per heavy atom. The Morgan fingerprint density at radius 3 is 2.24 bits per heavy atom. The number of amides is 1. The smallest absolute Gasteiger partial charge is 0.410 e. The molecule has 1 amide bonds. The van der Waals surface area contributed by atoms with E-state index in [-0.39, 0.29) is 6.09 Å². The van der Waals surface area contributed by atoms with Gasteiger partial charge in [-0.1, -0.05) is 32.6 Å². The second-order valence-electron chi connectivity index (χ2n) is 7.08. The minimum absolute atomic E-state index is 0.244. The van der Waals surface area contributed by atoms with Gasteiger partial charge in [0, 0.05) is 26.2 Å². The van der Waals surface area contributed by atoms with E-state index in [9.17, 15) is 4.79 Å². The highest BCUT2D eigenvalue weighted by Gasteiger charge is 2.20. The molecule has 0 rings (SSSR count). The van der Waals surface area contributed by atoms with Crippen molar-refractivity contribution in [1.29, 1.82) is 0 Å². The van der Waals surface area contributed by atoms with Crippen molar-refractivity contribution >= 4 is 6.09 Å². The Labute approximate surface area is 131 Å². The van der Waals surface area contributed by atoms with Crippen LogP contribution in [0.2, 0.25) is 0 Å². The first kappa shape index (κ1) is 20.2. The molecule has 1 unspecified atom stereocenters. The van der Waals surface area contributed by atoms with E-state index in [0.29, 0.717) is 12.6 Å². The van der Waals surface area contributed by atoms with Crippen molar-refractivity contribution in [2.75, 3.05) is 27.2 Å². The van der Waals surface area contributed by atoms with E-state index in [1.54, 1.807) is 11.9 Å². The number of carbonyl (C=O) groups is 1. The fourth-order valence-corrected chi connectivity index (χ4v) is 2.05. The monoisotopic (exact) mass is 300 g/mol. The van der Waals surface area contributed by atoms with Crippen LogP contribution in [0.25, 0.3) is 0 Å². The number of unbranched alkanes of at least 4 members (excludes halogenated alkanes) is 3. The Kier molecular flexibility index (Phi) is 9.67. The zero-order valence-electron chi connectivity index (χ0n) is 15.2. The summed E-state index contributed by atoms with van der Waals surface area (Å²) >= 11 is 0. The van der Waals surface area contributed by atoms with Gasteiger partial charge in [-0.2, -0.15) is 0 Å². The first-order valence-corrected chi connectivity index (χ1v) is 8.31. The Morgan fingerprint density at radius 2 is 1.71 bits per heavy atom. The van der Waals surface area contributed by atoms with Crippen molar-refractivity contribution in [3.8, 4) is 0 Å². The van der Waals surface area contributed by atoms with E-state index in [4.69, 9.17) is 4.74 Å². The summed E-state index contributed by atoms with van der Waals surface area (Å²) in [6.07, 6.45) is 6.22. The van der Waals surface area contributed by atoms with Crippen molar-refractivity contribution in [3.05, 3.63) is 0 Å². The number of rotatable bonds is 9. The lowest BCUT2D eigenvalue weighted by Gasteiger charge is -2.28. The summed E-state index contributed by atoms with van der Waals surface area (Å²) in [6, 6.07) is 0.564. The van der Waals surface area contributed by atoms with E-state index < -0.39 is 5.60 Å². The third-order valence-corrected chi connectivity index (χ3v) is 3.72. The van der Waals surface area contributed by atoms with Crippen molar-refractivity contribution in [1.82, 2.24) is 9.80 Å². The number of ether oxygens (including phenoxy) is 1. The average Bonchev–Trinajstić information content (AvgIpc) is 2.38. The van der Waals surface area contributed by atoms with Gasteiger partial charge in [0.15, 0.2) is 0 Å². The first-order valence-electron chi connectivity index (χ1n) is 8.31. The molecule has 0 bridgehead atoms. The van der Waals surface area contributed by atoms with Gasteiger partial charge in [-0.3, -0.25) is 0 Å². The van der Waals surface area contributed by atoms with Crippen LogP contribution in [0.1, 0.15) is 66.7 Å². The standard InChI is InChI=1S/C17H36N2O2/c1-8-9-10-11-12-15(2)18(6)13-14-19(7)16(20)21-17(3,4)5/h15H,8-14H2,1-7H3. The quantitative estimate of drug-likeness (QED) is 0.600. The largest absolute Gasteiger partial charge is 0.444 e. The molecular formula is C17H36N2O2. The molecule has 0 N–H and O–H groups in total. The molecular weight excluding hydrogens is 264 g/mol. The van der Waals surface area contributed by atoms with E-state index in [1.165, 1.54) is 32.1 Å². The second kappa shape index (κ2) is 10.0. The van der Waals surface area contributed by atoms with Gasteiger partial charge in [-0.15, -0.1) is 0 Å². The summed E-state index contributed by atoms with van der Waals surface area (Å²) in [7, 11) is 3.93. The molecule has 0 aliphatic heterocycles. The SMILES string of the molecule is CCCCCCC(C)N(C)CCN(C)C(=O)OC(C)(C)C. The van der Waals surface area contributed by atoms with Gasteiger partial charge in [0.25, 0.3) is 0 Å². The molecule has 0 aromatic rings. The lowest BCUT2D eigenvalue weighted by molar-refractivity contribution is 0.0281. The first-order chi connectivity index (χ1) is 9.67. The maximum atomic E-state index is 11.9. The summed E-state index contributed by atoms with van der Waals surface area (Å²) in [6.45, 7) is 11.8. The molecule has 0 aromatic heterocycles. The average molecular weight is 300 g/mol. The second-order valence-corrected chi connectivity index (χ2v) is 7.08. The van der Waals surface area contributed by atoms with Gasteiger partial charge in [0.1, 0.15) is 5.60 Å². The molecule has 0 aliphatic rings. The highest BCUT2D eigenvalue weighted by molar-refractivity contribution is 5.67. The van der Waals surface area contributed by atoms with E-state index >= 15 is 0 Å². The zero-order valence-corrected chi connectivity index (χ0v) is 15.2. The minimum atomic E-state index is -0.427. The molecule has 0 saturated carbocycles. The van der Waals surface area contributed by atoms with E-state index in [1.807, 2.05) is 20.8 Å². The lowest BCUT2D eigenvalue weighted by atomic mass is 10.1. The zero-order chi connectivity index (χ0) is 16.5. The van der Waals surface area contributed by atoms with Crippen LogP contribution in [0, 0.1) is 0 Å². The minimum Gasteiger partial charge on any atom is -0.444 e. The van der Waals surface area contributed by atoms with E-state index in [0.717, 1.165) is 6.54 Å². The number of carbonyl (C=O) groups excluding carboxylic acids is 1. The molecule has 0 radical (unpaired) electrons. The molecule has 21 heavy (non-hydrogen) atoms. The molecule has 0 fully saturated rings. The molecule has 0 spiro atoms. The maximum absolute atomic E-state index is 11.9. The molecule has 0 heterocycles.